The molecule has 2 unspecified atom stereocenters. The number of piperidine rings is 1. The summed E-state index contributed by atoms with van der Waals surface area (Å²) in [6.45, 7) is 3.52. The highest BCUT2D eigenvalue weighted by Gasteiger charge is 2.26. The fourth-order valence-electron chi connectivity index (χ4n) is 2.05. The standard InChI is InChI=1S/C12H17FN2O2S/c1-9-5-6-14-8-12(9)15-18(16,17)11-4-2-3-10(13)7-11/h2-4,7,9,12,14-15H,5-6,8H2,1H3. The van der Waals surface area contributed by atoms with E-state index in [-0.39, 0.29) is 16.9 Å². The van der Waals surface area contributed by atoms with Crippen molar-refractivity contribution < 1.29 is 12.8 Å². The van der Waals surface area contributed by atoms with Crippen LogP contribution in [0.5, 0.6) is 0 Å². The van der Waals surface area contributed by atoms with E-state index in [4.69, 9.17) is 0 Å². The first-order valence-electron chi connectivity index (χ1n) is 5.97. The van der Waals surface area contributed by atoms with E-state index in [0.29, 0.717) is 6.54 Å². The van der Waals surface area contributed by atoms with Crippen molar-refractivity contribution in [3.63, 3.8) is 0 Å². The molecule has 2 atom stereocenters. The van der Waals surface area contributed by atoms with Gasteiger partial charge in [-0.15, -0.1) is 0 Å². The van der Waals surface area contributed by atoms with Gasteiger partial charge in [0.1, 0.15) is 5.82 Å². The maximum atomic E-state index is 13.0. The van der Waals surface area contributed by atoms with Gasteiger partial charge >= 0.3 is 0 Å². The van der Waals surface area contributed by atoms with E-state index in [1.165, 1.54) is 18.2 Å². The predicted molar refractivity (Wildman–Crippen MR) is 67.2 cm³/mol. The number of rotatable bonds is 3. The summed E-state index contributed by atoms with van der Waals surface area (Å²) in [5, 5.41) is 3.15. The first kappa shape index (κ1) is 13.5. The van der Waals surface area contributed by atoms with E-state index in [0.717, 1.165) is 19.0 Å². The van der Waals surface area contributed by atoms with Gasteiger partial charge in [-0.2, -0.15) is 0 Å². The summed E-state index contributed by atoms with van der Waals surface area (Å²) in [5.41, 5.74) is 0. The SMILES string of the molecule is CC1CCNCC1NS(=O)(=O)c1cccc(F)c1. The smallest absolute Gasteiger partial charge is 0.240 e. The van der Waals surface area contributed by atoms with Crippen LogP contribution >= 0.6 is 0 Å². The Balaban J connectivity index is 2.16. The predicted octanol–water partition coefficient (Wildman–Crippen LogP) is 1.10. The lowest BCUT2D eigenvalue weighted by molar-refractivity contribution is 0.327. The van der Waals surface area contributed by atoms with Gasteiger partial charge in [0.15, 0.2) is 0 Å². The second kappa shape index (κ2) is 5.34. The molecule has 2 N–H and O–H groups in total. The Morgan fingerprint density at radius 3 is 2.89 bits per heavy atom. The van der Waals surface area contributed by atoms with E-state index in [2.05, 4.69) is 10.0 Å². The molecule has 18 heavy (non-hydrogen) atoms. The summed E-state index contributed by atoms with van der Waals surface area (Å²) in [5.74, 6) is -0.276. The minimum absolute atomic E-state index is 0.0275. The Morgan fingerprint density at radius 1 is 1.44 bits per heavy atom. The number of halogens is 1. The van der Waals surface area contributed by atoms with Gasteiger partial charge in [-0.05, 0) is 37.1 Å². The number of benzene rings is 1. The van der Waals surface area contributed by atoms with Crippen LogP contribution < -0.4 is 10.0 Å². The third-order valence-corrected chi connectivity index (χ3v) is 4.73. The van der Waals surface area contributed by atoms with Crippen molar-refractivity contribution in [3.05, 3.63) is 30.1 Å². The molecule has 1 saturated heterocycles. The lowest BCUT2D eigenvalue weighted by Gasteiger charge is -2.29. The molecule has 4 nitrogen and oxygen atoms in total. The molecule has 1 aliphatic rings. The average Bonchev–Trinajstić information content (AvgIpc) is 2.32. The van der Waals surface area contributed by atoms with Gasteiger partial charge in [0.25, 0.3) is 0 Å². The molecule has 1 aliphatic heterocycles. The highest BCUT2D eigenvalue weighted by atomic mass is 32.2. The van der Waals surface area contributed by atoms with Crippen molar-refractivity contribution in [2.45, 2.75) is 24.3 Å². The van der Waals surface area contributed by atoms with Crippen molar-refractivity contribution in [2.75, 3.05) is 13.1 Å². The van der Waals surface area contributed by atoms with Crippen molar-refractivity contribution >= 4 is 10.0 Å². The molecule has 1 aromatic carbocycles. The highest BCUT2D eigenvalue weighted by molar-refractivity contribution is 7.89. The van der Waals surface area contributed by atoms with Gasteiger partial charge in [0, 0.05) is 12.6 Å². The first-order chi connectivity index (χ1) is 8.49. The Kier molecular flexibility index (Phi) is 3.99. The van der Waals surface area contributed by atoms with Crippen LogP contribution in [0.15, 0.2) is 29.2 Å². The first-order valence-corrected chi connectivity index (χ1v) is 7.46. The largest absolute Gasteiger partial charge is 0.315 e. The van der Waals surface area contributed by atoms with Crippen LogP contribution in [0.1, 0.15) is 13.3 Å². The minimum atomic E-state index is -3.65. The molecule has 0 spiro atoms. The Bertz CT molecular complexity index is 519. The van der Waals surface area contributed by atoms with E-state index in [1.54, 1.807) is 0 Å². The average molecular weight is 272 g/mol. The molecular weight excluding hydrogens is 255 g/mol. The fourth-order valence-corrected chi connectivity index (χ4v) is 3.42. The number of hydrogen-bond donors (Lipinski definition) is 2. The summed E-state index contributed by atoms with van der Waals surface area (Å²) < 4.78 is 39.9. The molecule has 0 amide bonds. The van der Waals surface area contributed by atoms with Crippen molar-refractivity contribution in [2.24, 2.45) is 5.92 Å². The second-order valence-corrected chi connectivity index (χ2v) is 6.37. The third kappa shape index (κ3) is 3.07. The lowest BCUT2D eigenvalue weighted by Crippen LogP contribution is -2.50. The van der Waals surface area contributed by atoms with Gasteiger partial charge in [0.2, 0.25) is 10.0 Å². The van der Waals surface area contributed by atoms with Gasteiger partial charge in [-0.25, -0.2) is 17.5 Å². The lowest BCUT2D eigenvalue weighted by atomic mass is 9.96. The van der Waals surface area contributed by atoms with Gasteiger partial charge in [-0.3, -0.25) is 0 Å². The zero-order valence-corrected chi connectivity index (χ0v) is 11.0. The van der Waals surface area contributed by atoms with Crippen molar-refractivity contribution in [1.29, 1.82) is 0 Å². The number of sulfonamides is 1. The van der Waals surface area contributed by atoms with Crippen LogP contribution in [-0.4, -0.2) is 27.5 Å². The van der Waals surface area contributed by atoms with Gasteiger partial charge in [0.05, 0.1) is 4.90 Å². The van der Waals surface area contributed by atoms with Crippen LogP contribution in [0.25, 0.3) is 0 Å². The summed E-state index contributed by atoms with van der Waals surface area (Å²) in [7, 11) is -3.65. The highest BCUT2D eigenvalue weighted by Crippen LogP contribution is 2.16. The van der Waals surface area contributed by atoms with E-state index >= 15 is 0 Å². The van der Waals surface area contributed by atoms with Crippen LogP contribution in [0.2, 0.25) is 0 Å². The number of nitrogens with one attached hydrogen (secondary N) is 2. The summed E-state index contributed by atoms with van der Waals surface area (Å²) >= 11 is 0. The summed E-state index contributed by atoms with van der Waals surface area (Å²) in [4.78, 5) is -0.0275. The van der Waals surface area contributed by atoms with E-state index < -0.39 is 15.8 Å². The normalized spacial score (nSPS) is 25.0. The van der Waals surface area contributed by atoms with E-state index in [9.17, 15) is 12.8 Å². The summed E-state index contributed by atoms with van der Waals surface area (Å²) in [6.07, 6.45) is 0.927. The Labute approximate surface area is 107 Å². The second-order valence-electron chi connectivity index (χ2n) is 4.66. The zero-order valence-electron chi connectivity index (χ0n) is 10.2. The number of hydrogen-bond acceptors (Lipinski definition) is 3. The van der Waals surface area contributed by atoms with Crippen molar-refractivity contribution in [3.8, 4) is 0 Å². The third-order valence-electron chi connectivity index (χ3n) is 3.24. The minimum Gasteiger partial charge on any atom is -0.315 e. The molecule has 0 radical (unpaired) electrons. The molecule has 6 heteroatoms. The molecule has 0 aromatic heterocycles. The molecule has 1 fully saturated rings. The van der Waals surface area contributed by atoms with Crippen LogP contribution in [0, 0.1) is 11.7 Å². The topological polar surface area (TPSA) is 58.2 Å². The maximum Gasteiger partial charge on any atom is 0.240 e. The van der Waals surface area contributed by atoms with Gasteiger partial charge < -0.3 is 5.32 Å². The Morgan fingerprint density at radius 2 is 2.22 bits per heavy atom. The van der Waals surface area contributed by atoms with Crippen LogP contribution in [0.4, 0.5) is 4.39 Å². The maximum absolute atomic E-state index is 13.0. The molecule has 0 saturated carbocycles. The Hall–Kier alpha value is -0.980. The molecule has 1 aromatic rings. The fraction of sp³-hybridized carbons (Fsp3) is 0.500. The molecule has 100 valence electrons. The molecular formula is C12H17FN2O2S. The zero-order chi connectivity index (χ0) is 13.2. The molecule has 2 rings (SSSR count). The van der Waals surface area contributed by atoms with Crippen LogP contribution in [0.3, 0.4) is 0 Å². The van der Waals surface area contributed by atoms with Gasteiger partial charge in [-0.1, -0.05) is 13.0 Å². The molecule has 0 bridgehead atoms. The molecule has 1 heterocycles. The van der Waals surface area contributed by atoms with E-state index in [1.807, 2.05) is 6.92 Å². The van der Waals surface area contributed by atoms with Crippen molar-refractivity contribution in [1.82, 2.24) is 10.0 Å². The quantitative estimate of drug-likeness (QED) is 0.866. The van der Waals surface area contributed by atoms with Crippen LogP contribution in [-0.2, 0) is 10.0 Å². The monoisotopic (exact) mass is 272 g/mol. The molecule has 0 aliphatic carbocycles. The summed E-state index contributed by atoms with van der Waals surface area (Å²) in [6, 6.07) is 4.90.